The minimum Gasteiger partial charge on any atom is -0.469 e. The zero-order chi connectivity index (χ0) is 12.6. The second-order valence-corrected chi connectivity index (χ2v) is 4.25. The molecular weight excluding hydrogens is 293 g/mol. The van der Waals surface area contributed by atoms with Gasteiger partial charge >= 0.3 is 5.97 Å². The average molecular weight is 302 g/mol. The summed E-state index contributed by atoms with van der Waals surface area (Å²) in [5.41, 5.74) is 6.61. The van der Waals surface area contributed by atoms with Crippen LogP contribution in [0.15, 0.2) is 16.7 Å². The zero-order valence-corrected chi connectivity index (χ0v) is 10.5. The first kappa shape index (κ1) is 11.8. The second-order valence-electron chi connectivity index (χ2n) is 3.40. The molecule has 0 saturated heterocycles. The zero-order valence-electron chi connectivity index (χ0n) is 8.91. The first-order valence-corrected chi connectivity index (χ1v) is 5.50. The molecule has 2 aromatic rings. The van der Waals surface area contributed by atoms with E-state index >= 15 is 0 Å². The summed E-state index contributed by atoms with van der Waals surface area (Å²) in [6.07, 6.45) is 1.17. The van der Waals surface area contributed by atoms with Crippen molar-refractivity contribution in [1.82, 2.24) is 9.38 Å². The lowest BCUT2D eigenvalue weighted by molar-refractivity contribution is -0.139. The Labute approximate surface area is 105 Å². The monoisotopic (exact) mass is 301 g/mol. The van der Waals surface area contributed by atoms with E-state index in [1.54, 1.807) is 0 Å². The van der Waals surface area contributed by atoms with Crippen LogP contribution in [0, 0.1) is 5.82 Å². The third-order valence-electron chi connectivity index (χ3n) is 2.29. The SMILES string of the molecule is COC(=O)Cc1nc2c(Br)cc(F)cn2c1N. The molecule has 0 amide bonds. The third kappa shape index (κ3) is 2.10. The molecule has 90 valence electrons. The summed E-state index contributed by atoms with van der Waals surface area (Å²) in [5.74, 6) is -0.666. The van der Waals surface area contributed by atoms with E-state index < -0.39 is 11.8 Å². The summed E-state index contributed by atoms with van der Waals surface area (Å²) in [6, 6.07) is 1.28. The molecule has 0 aliphatic carbocycles. The Balaban J connectivity index is 2.56. The van der Waals surface area contributed by atoms with Crippen LogP contribution in [0.5, 0.6) is 0 Å². The number of nitrogens with two attached hydrogens (primary N) is 1. The first-order chi connectivity index (χ1) is 8.02. The number of nitrogens with zero attached hydrogens (tertiary/aromatic N) is 2. The highest BCUT2D eigenvalue weighted by molar-refractivity contribution is 9.10. The number of nitrogen functional groups attached to an aromatic ring is 1. The van der Waals surface area contributed by atoms with E-state index in [2.05, 4.69) is 25.7 Å². The average Bonchev–Trinajstić information content (AvgIpc) is 2.57. The number of anilines is 1. The number of esters is 1. The standard InChI is InChI=1S/C10H9BrFN3O2/c1-17-8(16)3-7-9(13)15-4-5(12)2-6(11)10(15)14-7/h2,4H,3,13H2,1H3. The molecule has 0 atom stereocenters. The Morgan fingerprint density at radius 1 is 1.71 bits per heavy atom. The van der Waals surface area contributed by atoms with Gasteiger partial charge in [-0.25, -0.2) is 9.37 Å². The Bertz CT molecular complexity index is 597. The van der Waals surface area contributed by atoms with E-state index in [4.69, 9.17) is 5.73 Å². The molecule has 2 rings (SSSR count). The number of carbonyl (C=O) groups is 1. The maximum Gasteiger partial charge on any atom is 0.311 e. The molecule has 5 nitrogen and oxygen atoms in total. The number of rotatable bonds is 2. The highest BCUT2D eigenvalue weighted by Crippen LogP contribution is 2.23. The van der Waals surface area contributed by atoms with Gasteiger partial charge < -0.3 is 10.5 Å². The van der Waals surface area contributed by atoms with Crippen LogP contribution in [0.3, 0.4) is 0 Å². The van der Waals surface area contributed by atoms with E-state index in [-0.39, 0.29) is 12.2 Å². The van der Waals surface area contributed by atoms with Crippen molar-refractivity contribution in [3.8, 4) is 0 Å². The molecule has 2 N–H and O–H groups in total. The van der Waals surface area contributed by atoms with Crippen LogP contribution < -0.4 is 5.73 Å². The normalized spacial score (nSPS) is 10.8. The van der Waals surface area contributed by atoms with Gasteiger partial charge in [0.1, 0.15) is 11.6 Å². The van der Waals surface area contributed by atoms with Crippen molar-refractivity contribution in [3.63, 3.8) is 0 Å². The maximum absolute atomic E-state index is 13.2. The number of hydrogen-bond acceptors (Lipinski definition) is 4. The molecular formula is C10H9BrFN3O2. The van der Waals surface area contributed by atoms with Crippen molar-refractivity contribution in [2.24, 2.45) is 0 Å². The van der Waals surface area contributed by atoms with Gasteiger partial charge in [0.25, 0.3) is 0 Å². The molecule has 0 unspecified atom stereocenters. The predicted octanol–water partition coefficient (Wildman–Crippen LogP) is 1.53. The number of methoxy groups -OCH3 is 1. The van der Waals surface area contributed by atoms with Gasteiger partial charge in [-0.2, -0.15) is 0 Å². The molecule has 0 bridgehead atoms. The van der Waals surface area contributed by atoms with Gasteiger partial charge in [-0.05, 0) is 22.0 Å². The van der Waals surface area contributed by atoms with Gasteiger partial charge in [-0.3, -0.25) is 9.20 Å². The summed E-state index contributed by atoms with van der Waals surface area (Å²) >= 11 is 3.18. The second kappa shape index (κ2) is 4.33. The molecule has 0 spiro atoms. The Morgan fingerprint density at radius 2 is 2.41 bits per heavy atom. The van der Waals surface area contributed by atoms with E-state index in [1.807, 2.05) is 0 Å². The summed E-state index contributed by atoms with van der Waals surface area (Å²) in [4.78, 5) is 15.3. The lowest BCUT2D eigenvalue weighted by atomic mass is 10.3. The molecule has 7 heteroatoms. The maximum atomic E-state index is 13.2. The van der Waals surface area contributed by atoms with Crippen molar-refractivity contribution in [2.75, 3.05) is 12.8 Å². The quantitative estimate of drug-likeness (QED) is 0.854. The molecule has 0 aromatic carbocycles. The lowest BCUT2D eigenvalue weighted by Gasteiger charge is -1.99. The number of carbonyl (C=O) groups excluding carboxylic acids is 1. The largest absolute Gasteiger partial charge is 0.469 e. The van der Waals surface area contributed by atoms with Crippen LogP contribution >= 0.6 is 15.9 Å². The third-order valence-corrected chi connectivity index (χ3v) is 2.88. The minimum atomic E-state index is -0.447. The summed E-state index contributed by atoms with van der Waals surface area (Å²) in [6.45, 7) is 0. The van der Waals surface area contributed by atoms with Crippen molar-refractivity contribution < 1.29 is 13.9 Å². The fourth-order valence-corrected chi connectivity index (χ4v) is 1.97. The number of ether oxygens (including phenoxy) is 1. The predicted molar refractivity (Wildman–Crippen MR) is 63.0 cm³/mol. The summed E-state index contributed by atoms with van der Waals surface area (Å²) in [5, 5.41) is 0. The number of pyridine rings is 1. The number of imidazole rings is 1. The Kier molecular flexibility index (Phi) is 3.01. The number of hydrogen-bond donors (Lipinski definition) is 1. The molecule has 2 aromatic heterocycles. The smallest absolute Gasteiger partial charge is 0.311 e. The molecule has 2 heterocycles. The van der Waals surface area contributed by atoms with Crippen LogP contribution in [-0.4, -0.2) is 22.5 Å². The van der Waals surface area contributed by atoms with Crippen molar-refractivity contribution >= 4 is 33.4 Å². The van der Waals surface area contributed by atoms with E-state index in [1.165, 1.54) is 23.8 Å². The molecule has 17 heavy (non-hydrogen) atoms. The van der Waals surface area contributed by atoms with Gasteiger partial charge in [0.2, 0.25) is 0 Å². The first-order valence-electron chi connectivity index (χ1n) is 4.71. The van der Waals surface area contributed by atoms with Gasteiger partial charge in [0.15, 0.2) is 5.65 Å². The molecule has 0 saturated carbocycles. The fourth-order valence-electron chi connectivity index (χ4n) is 1.48. The molecule has 0 aliphatic heterocycles. The van der Waals surface area contributed by atoms with Crippen molar-refractivity contribution in [2.45, 2.75) is 6.42 Å². The molecule has 0 aliphatic rings. The van der Waals surface area contributed by atoms with Crippen molar-refractivity contribution in [3.05, 3.63) is 28.2 Å². The molecule has 0 fully saturated rings. The Morgan fingerprint density at radius 3 is 3.06 bits per heavy atom. The fraction of sp³-hybridized carbons (Fsp3) is 0.200. The summed E-state index contributed by atoms with van der Waals surface area (Å²) in [7, 11) is 1.28. The Hall–Kier alpha value is -1.63. The highest BCUT2D eigenvalue weighted by atomic mass is 79.9. The number of fused-ring (bicyclic) bond motifs is 1. The van der Waals surface area contributed by atoms with Crippen LogP contribution in [0.2, 0.25) is 0 Å². The topological polar surface area (TPSA) is 69.6 Å². The lowest BCUT2D eigenvalue weighted by Crippen LogP contribution is -2.07. The van der Waals surface area contributed by atoms with Gasteiger partial charge in [-0.1, -0.05) is 0 Å². The summed E-state index contributed by atoms with van der Waals surface area (Å²) < 4.78 is 19.6. The van der Waals surface area contributed by atoms with Gasteiger partial charge in [0.05, 0.1) is 23.7 Å². The van der Waals surface area contributed by atoms with Crippen LogP contribution in [0.25, 0.3) is 5.65 Å². The van der Waals surface area contributed by atoms with Gasteiger partial charge in [-0.15, -0.1) is 0 Å². The number of halogens is 2. The molecule has 0 radical (unpaired) electrons. The number of aromatic nitrogens is 2. The van der Waals surface area contributed by atoms with Crippen LogP contribution in [0.1, 0.15) is 5.69 Å². The van der Waals surface area contributed by atoms with E-state index in [0.717, 1.165) is 0 Å². The van der Waals surface area contributed by atoms with Crippen LogP contribution in [0.4, 0.5) is 10.2 Å². The van der Waals surface area contributed by atoms with E-state index in [9.17, 15) is 9.18 Å². The minimum absolute atomic E-state index is 0.0436. The van der Waals surface area contributed by atoms with Crippen molar-refractivity contribution in [1.29, 1.82) is 0 Å². The van der Waals surface area contributed by atoms with Gasteiger partial charge in [0, 0.05) is 6.20 Å². The highest BCUT2D eigenvalue weighted by Gasteiger charge is 2.15. The van der Waals surface area contributed by atoms with E-state index in [0.29, 0.717) is 15.8 Å². The van der Waals surface area contributed by atoms with Crippen LogP contribution in [-0.2, 0) is 16.0 Å².